The Morgan fingerprint density at radius 1 is 1.04 bits per heavy atom. The highest BCUT2D eigenvalue weighted by Crippen LogP contribution is 2.19. The first-order valence-electron chi connectivity index (χ1n) is 8.34. The Kier molecular flexibility index (Phi) is 6.11. The van der Waals surface area contributed by atoms with E-state index in [1.54, 1.807) is 0 Å². The van der Waals surface area contributed by atoms with Crippen molar-refractivity contribution in [1.29, 1.82) is 0 Å². The highest BCUT2D eigenvalue weighted by Gasteiger charge is 2.17. The third-order valence-corrected chi connectivity index (χ3v) is 3.72. The number of hydrogen-bond acceptors (Lipinski definition) is 5. The van der Waals surface area contributed by atoms with Gasteiger partial charge < -0.3 is 24.8 Å². The van der Waals surface area contributed by atoms with Gasteiger partial charge in [-0.2, -0.15) is 0 Å². The molecule has 0 bridgehead atoms. The number of carbonyl (C=O) groups is 1. The van der Waals surface area contributed by atoms with E-state index in [0.717, 1.165) is 30.2 Å². The second kappa shape index (κ2) is 8.94. The molecule has 0 aliphatic carbocycles. The second-order valence-corrected chi connectivity index (χ2v) is 5.71. The van der Waals surface area contributed by atoms with Crippen molar-refractivity contribution in [2.24, 2.45) is 0 Å². The van der Waals surface area contributed by atoms with Crippen LogP contribution in [0.25, 0.3) is 0 Å². The summed E-state index contributed by atoms with van der Waals surface area (Å²) in [7, 11) is 0. The molecule has 1 saturated heterocycles. The van der Waals surface area contributed by atoms with Gasteiger partial charge in [0.2, 0.25) is 0 Å². The number of ether oxygens (including phenoxy) is 3. The van der Waals surface area contributed by atoms with Crippen LogP contribution >= 0.6 is 0 Å². The van der Waals surface area contributed by atoms with Crippen LogP contribution in [-0.2, 0) is 11.3 Å². The molecule has 2 aromatic carbocycles. The fourth-order valence-corrected chi connectivity index (χ4v) is 2.25. The van der Waals surface area contributed by atoms with E-state index in [9.17, 15) is 4.79 Å². The van der Waals surface area contributed by atoms with E-state index in [1.807, 2.05) is 54.6 Å². The van der Waals surface area contributed by atoms with Crippen LogP contribution in [0.15, 0.2) is 54.6 Å². The number of carbonyl (C=O) groups excluding carboxylic acids is 1. The van der Waals surface area contributed by atoms with Crippen LogP contribution in [-0.4, -0.2) is 38.4 Å². The molecule has 0 unspecified atom stereocenters. The van der Waals surface area contributed by atoms with Crippen molar-refractivity contribution in [2.75, 3.05) is 26.2 Å². The van der Waals surface area contributed by atoms with Crippen LogP contribution in [0, 0.1) is 0 Å². The molecule has 0 saturated carbocycles. The minimum atomic E-state index is -0.453. The van der Waals surface area contributed by atoms with Gasteiger partial charge in [-0.05, 0) is 29.8 Å². The summed E-state index contributed by atoms with van der Waals surface area (Å²) in [5.74, 6) is 1.57. The maximum absolute atomic E-state index is 11.6. The van der Waals surface area contributed by atoms with E-state index in [-0.39, 0.29) is 12.7 Å². The molecule has 1 amide bonds. The number of alkyl carbamates (subject to hydrolysis) is 1. The summed E-state index contributed by atoms with van der Waals surface area (Å²) in [6.07, 6.45) is -0.192. The quantitative estimate of drug-likeness (QED) is 0.721. The van der Waals surface area contributed by atoms with Gasteiger partial charge >= 0.3 is 6.09 Å². The van der Waals surface area contributed by atoms with Crippen molar-refractivity contribution in [3.8, 4) is 11.5 Å². The molecule has 6 nitrogen and oxygen atoms in total. The molecule has 2 N–H and O–H groups in total. The minimum Gasteiger partial charge on any atom is -0.492 e. The smallest absolute Gasteiger partial charge is 0.407 e. The van der Waals surface area contributed by atoms with E-state index in [1.165, 1.54) is 0 Å². The van der Waals surface area contributed by atoms with Crippen LogP contribution < -0.4 is 20.1 Å². The molecule has 132 valence electrons. The predicted molar refractivity (Wildman–Crippen MR) is 93.9 cm³/mol. The van der Waals surface area contributed by atoms with Crippen molar-refractivity contribution in [3.05, 3.63) is 60.2 Å². The van der Waals surface area contributed by atoms with Crippen molar-refractivity contribution >= 4 is 6.09 Å². The molecule has 6 heteroatoms. The monoisotopic (exact) mass is 342 g/mol. The first kappa shape index (κ1) is 17.1. The third-order valence-electron chi connectivity index (χ3n) is 3.72. The fourth-order valence-electron chi connectivity index (χ4n) is 2.25. The topological polar surface area (TPSA) is 68.8 Å². The molecule has 3 rings (SSSR count). The molecule has 1 fully saturated rings. The fraction of sp³-hybridized carbons (Fsp3) is 0.316. The van der Waals surface area contributed by atoms with Gasteiger partial charge in [0.15, 0.2) is 0 Å². The number of hydrogen-bond donors (Lipinski definition) is 2. The maximum Gasteiger partial charge on any atom is 0.407 e. The maximum atomic E-state index is 11.6. The molecular formula is C19H22N2O4. The Bertz CT molecular complexity index is 657. The molecule has 0 aromatic heterocycles. The van der Waals surface area contributed by atoms with Crippen LogP contribution in [0.4, 0.5) is 4.79 Å². The standard InChI is InChI=1S/C19H22N2O4/c22-19(24-14-15-4-2-1-3-5-15)21-10-11-23-16-6-8-17(9-7-16)25-18-12-20-13-18/h1-9,18,20H,10-14H2,(H,21,22). The van der Waals surface area contributed by atoms with Crippen molar-refractivity contribution in [2.45, 2.75) is 12.7 Å². The summed E-state index contributed by atoms with van der Waals surface area (Å²) < 4.78 is 16.4. The number of benzene rings is 2. The van der Waals surface area contributed by atoms with Crippen molar-refractivity contribution in [1.82, 2.24) is 10.6 Å². The largest absolute Gasteiger partial charge is 0.492 e. The van der Waals surface area contributed by atoms with Gasteiger partial charge in [0, 0.05) is 13.1 Å². The van der Waals surface area contributed by atoms with Gasteiger partial charge in [0.1, 0.15) is 30.8 Å². The van der Waals surface area contributed by atoms with Crippen LogP contribution in [0.2, 0.25) is 0 Å². The van der Waals surface area contributed by atoms with Gasteiger partial charge in [0.05, 0.1) is 6.54 Å². The zero-order valence-corrected chi connectivity index (χ0v) is 13.9. The zero-order valence-electron chi connectivity index (χ0n) is 13.9. The Balaban J connectivity index is 1.29. The predicted octanol–water partition coefficient (Wildman–Crippen LogP) is 2.34. The Morgan fingerprint density at radius 2 is 1.76 bits per heavy atom. The Morgan fingerprint density at radius 3 is 2.44 bits per heavy atom. The molecular weight excluding hydrogens is 320 g/mol. The lowest BCUT2D eigenvalue weighted by atomic mass is 10.2. The van der Waals surface area contributed by atoms with E-state index in [2.05, 4.69) is 10.6 Å². The SMILES string of the molecule is O=C(NCCOc1ccc(OC2CNC2)cc1)OCc1ccccc1. The van der Waals surface area contributed by atoms with E-state index in [0.29, 0.717) is 13.2 Å². The van der Waals surface area contributed by atoms with Gasteiger partial charge in [-0.3, -0.25) is 0 Å². The highest BCUT2D eigenvalue weighted by atomic mass is 16.5. The average Bonchev–Trinajstić information content (AvgIpc) is 2.62. The van der Waals surface area contributed by atoms with E-state index in [4.69, 9.17) is 14.2 Å². The molecule has 0 atom stereocenters. The average molecular weight is 342 g/mol. The van der Waals surface area contributed by atoms with Crippen molar-refractivity contribution < 1.29 is 19.0 Å². The molecule has 1 aliphatic heterocycles. The lowest BCUT2D eigenvalue weighted by Gasteiger charge is -2.27. The summed E-state index contributed by atoms with van der Waals surface area (Å²) in [5, 5.41) is 5.82. The van der Waals surface area contributed by atoms with Gasteiger partial charge in [-0.15, -0.1) is 0 Å². The summed E-state index contributed by atoms with van der Waals surface area (Å²) in [4.78, 5) is 11.6. The summed E-state index contributed by atoms with van der Waals surface area (Å²) >= 11 is 0. The number of amides is 1. The second-order valence-electron chi connectivity index (χ2n) is 5.71. The number of rotatable bonds is 8. The number of nitrogens with one attached hydrogen (secondary N) is 2. The normalized spacial score (nSPS) is 13.6. The van der Waals surface area contributed by atoms with E-state index < -0.39 is 6.09 Å². The van der Waals surface area contributed by atoms with Gasteiger partial charge in [0.25, 0.3) is 0 Å². The first-order chi connectivity index (χ1) is 12.3. The summed E-state index contributed by atoms with van der Waals surface area (Å²) in [5.41, 5.74) is 0.953. The lowest BCUT2D eigenvalue weighted by Crippen LogP contribution is -2.50. The van der Waals surface area contributed by atoms with Crippen LogP contribution in [0.5, 0.6) is 11.5 Å². The molecule has 0 radical (unpaired) electrons. The minimum absolute atomic E-state index is 0.255. The van der Waals surface area contributed by atoms with Crippen LogP contribution in [0.1, 0.15) is 5.56 Å². The molecule has 1 aliphatic rings. The highest BCUT2D eigenvalue weighted by molar-refractivity contribution is 5.67. The molecule has 2 aromatic rings. The molecule has 1 heterocycles. The van der Waals surface area contributed by atoms with Crippen molar-refractivity contribution in [3.63, 3.8) is 0 Å². The Labute approximate surface area is 147 Å². The van der Waals surface area contributed by atoms with E-state index >= 15 is 0 Å². The summed E-state index contributed by atoms with van der Waals surface area (Å²) in [6.45, 7) is 2.78. The van der Waals surface area contributed by atoms with Crippen LogP contribution in [0.3, 0.4) is 0 Å². The zero-order chi connectivity index (χ0) is 17.3. The summed E-state index contributed by atoms with van der Waals surface area (Å²) in [6, 6.07) is 17.0. The first-order valence-corrected chi connectivity index (χ1v) is 8.34. The third kappa shape index (κ3) is 5.69. The molecule has 25 heavy (non-hydrogen) atoms. The lowest BCUT2D eigenvalue weighted by molar-refractivity contribution is 0.137. The van der Waals surface area contributed by atoms with Gasteiger partial charge in [-0.1, -0.05) is 30.3 Å². The molecule has 0 spiro atoms. The van der Waals surface area contributed by atoms with Gasteiger partial charge in [-0.25, -0.2) is 4.79 Å². The Hall–Kier alpha value is -2.73.